The lowest BCUT2D eigenvalue weighted by Gasteiger charge is -2.33. The van der Waals surface area contributed by atoms with Crippen molar-refractivity contribution in [3.05, 3.63) is 48.1 Å². The van der Waals surface area contributed by atoms with Crippen LogP contribution in [0.15, 0.2) is 30.9 Å². The molecule has 1 aliphatic rings. The minimum atomic E-state index is -0.753. The first-order chi connectivity index (χ1) is 11.1. The Balaban J connectivity index is 1.82. The molecular weight excluding hydrogens is 290 g/mol. The average Bonchev–Trinajstić information content (AvgIpc) is 2.57. The van der Waals surface area contributed by atoms with Gasteiger partial charge in [0.2, 0.25) is 0 Å². The SMILES string of the molecule is C=CC1CCC([C@H](CCC)CCCc2ccc(F)c(F)c2)CC1. The van der Waals surface area contributed by atoms with Crippen LogP contribution in [0.2, 0.25) is 0 Å². The van der Waals surface area contributed by atoms with Crippen LogP contribution >= 0.6 is 0 Å². The molecule has 0 bridgehead atoms. The van der Waals surface area contributed by atoms with E-state index in [2.05, 4.69) is 19.6 Å². The van der Waals surface area contributed by atoms with Crippen molar-refractivity contribution in [1.29, 1.82) is 0 Å². The molecule has 1 fully saturated rings. The van der Waals surface area contributed by atoms with Gasteiger partial charge in [-0.2, -0.15) is 0 Å². The van der Waals surface area contributed by atoms with Gasteiger partial charge in [0.05, 0.1) is 0 Å². The van der Waals surface area contributed by atoms with Crippen molar-refractivity contribution in [1.82, 2.24) is 0 Å². The zero-order chi connectivity index (χ0) is 16.7. The van der Waals surface area contributed by atoms with Crippen molar-refractivity contribution in [2.75, 3.05) is 0 Å². The van der Waals surface area contributed by atoms with Crippen LogP contribution in [0.25, 0.3) is 0 Å². The molecule has 0 unspecified atom stereocenters. The highest BCUT2D eigenvalue weighted by Gasteiger charge is 2.25. The first kappa shape index (κ1) is 18.2. The first-order valence-corrected chi connectivity index (χ1v) is 9.20. The van der Waals surface area contributed by atoms with Gasteiger partial charge in [-0.25, -0.2) is 8.78 Å². The molecule has 1 atom stereocenters. The summed E-state index contributed by atoms with van der Waals surface area (Å²) in [6, 6.07) is 4.30. The van der Waals surface area contributed by atoms with E-state index in [1.807, 2.05) is 0 Å². The second kappa shape index (κ2) is 9.20. The van der Waals surface area contributed by atoms with Crippen molar-refractivity contribution in [2.24, 2.45) is 17.8 Å². The van der Waals surface area contributed by atoms with Crippen LogP contribution in [0, 0.1) is 29.4 Å². The Morgan fingerprint density at radius 3 is 2.48 bits per heavy atom. The molecule has 0 spiro atoms. The summed E-state index contributed by atoms with van der Waals surface area (Å²) >= 11 is 0. The summed E-state index contributed by atoms with van der Waals surface area (Å²) in [5.41, 5.74) is 0.912. The lowest BCUT2D eigenvalue weighted by atomic mass is 9.73. The molecule has 0 nitrogen and oxygen atoms in total. The van der Waals surface area contributed by atoms with Crippen LogP contribution < -0.4 is 0 Å². The van der Waals surface area contributed by atoms with E-state index in [0.29, 0.717) is 0 Å². The quantitative estimate of drug-likeness (QED) is 0.468. The normalized spacial score (nSPS) is 22.7. The van der Waals surface area contributed by atoms with Gasteiger partial charge in [-0.1, -0.05) is 31.9 Å². The van der Waals surface area contributed by atoms with Gasteiger partial charge in [0.25, 0.3) is 0 Å². The average molecular weight is 320 g/mol. The highest BCUT2D eigenvalue weighted by Crippen LogP contribution is 2.37. The topological polar surface area (TPSA) is 0 Å². The molecule has 0 radical (unpaired) electrons. The second-order valence-electron chi connectivity index (χ2n) is 7.10. The largest absolute Gasteiger partial charge is 0.204 e. The van der Waals surface area contributed by atoms with E-state index in [4.69, 9.17) is 0 Å². The van der Waals surface area contributed by atoms with Crippen molar-refractivity contribution < 1.29 is 8.78 Å². The van der Waals surface area contributed by atoms with Crippen LogP contribution in [0.1, 0.15) is 63.9 Å². The number of aryl methyl sites for hydroxylation is 1. The van der Waals surface area contributed by atoms with Crippen molar-refractivity contribution >= 4 is 0 Å². The summed E-state index contributed by atoms with van der Waals surface area (Å²) in [4.78, 5) is 0. The molecule has 0 N–H and O–H groups in total. The van der Waals surface area contributed by atoms with Crippen molar-refractivity contribution in [3.8, 4) is 0 Å². The molecular formula is C21H30F2. The molecule has 1 aromatic rings. The van der Waals surface area contributed by atoms with Gasteiger partial charge in [-0.15, -0.1) is 6.58 Å². The Bertz CT molecular complexity index is 487. The molecule has 0 amide bonds. The lowest BCUT2D eigenvalue weighted by Crippen LogP contribution is -2.21. The zero-order valence-corrected chi connectivity index (χ0v) is 14.4. The van der Waals surface area contributed by atoms with Gasteiger partial charge in [0.1, 0.15) is 0 Å². The third kappa shape index (κ3) is 5.44. The summed E-state index contributed by atoms with van der Waals surface area (Å²) in [5, 5.41) is 0. The van der Waals surface area contributed by atoms with Crippen molar-refractivity contribution in [3.63, 3.8) is 0 Å². The van der Waals surface area contributed by atoms with Gasteiger partial charge in [-0.3, -0.25) is 0 Å². The van der Waals surface area contributed by atoms with Gasteiger partial charge < -0.3 is 0 Å². The van der Waals surface area contributed by atoms with Crippen LogP contribution in [0.4, 0.5) is 8.78 Å². The maximum atomic E-state index is 13.3. The molecule has 0 heterocycles. The maximum absolute atomic E-state index is 13.3. The minimum absolute atomic E-state index is 0.718. The number of hydrogen-bond acceptors (Lipinski definition) is 0. The molecule has 0 saturated heterocycles. The third-order valence-corrected chi connectivity index (χ3v) is 5.50. The summed E-state index contributed by atoms with van der Waals surface area (Å²) < 4.78 is 26.2. The number of hydrogen-bond donors (Lipinski definition) is 0. The van der Waals surface area contributed by atoms with Gasteiger partial charge in [-0.05, 0) is 80.4 Å². The van der Waals surface area contributed by atoms with Crippen LogP contribution in [0.5, 0.6) is 0 Å². The van der Waals surface area contributed by atoms with Crippen LogP contribution in [-0.4, -0.2) is 0 Å². The Labute approximate surface area is 140 Å². The molecule has 0 aromatic heterocycles. The molecule has 2 heteroatoms. The smallest absolute Gasteiger partial charge is 0.159 e. The van der Waals surface area contributed by atoms with E-state index in [9.17, 15) is 8.78 Å². The zero-order valence-electron chi connectivity index (χ0n) is 14.4. The van der Waals surface area contributed by atoms with E-state index in [-0.39, 0.29) is 0 Å². The van der Waals surface area contributed by atoms with Crippen LogP contribution in [-0.2, 0) is 6.42 Å². The number of allylic oxidation sites excluding steroid dienone is 1. The fourth-order valence-electron chi connectivity index (χ4n) is 4.10. The van der Waals surface area contributed by atoms with Crippen LogP contribution in [0.3, 0.4) is 0 Å². The lowest BCUT2D eigenvalue weighted by molar-refractivity contribution is 0.200. The maximum Gasteiger partial charge on any atom is 0.159 e. The van der Waals surface area contributed by atoms with E-state index in [1.54, 1.807) is 6.07 Å². The molecule has 1 aromatic carbocycles. The third-order valence-electron chi connectivity index (χ3n) is 5.50. The first-order valence-electron chi connectivity index (χ1n) is 9.20. The van der Waals surface area contributed by atoms with E-state index in [0.717, 1.165) is 36.2 Å². The standard InChI is InChI=1S/C21H30F2/c1-3-6-18(19-12-9-16(4-2)10-13-19)8-5-7-17-11-14-20(22)21(23)15-17/h4,11,14-16,18-19H,2-3,5-10,12-13H2,1H3/t16?,18-,19?/m1/s1. The Morgan fingerprint density at radius 1 is 1.13 bits per heavy atom. The molecule has 1 saturated carbocycles. The monoisotopic (exact) mass is 320 g/mol. The summed E-state index contributed by atoms with van der Waals surface area (Å²) in [6.45, 7) is 6.19. The fourth-order valence-corrected chi connectivity index (χ4v) is 4.10. The second-order valence-corrected chi connectivity index (χ2v) is 7.10. The van der Waals surface area contributed by atoms with Gasteiger partial charge in [0, 0.05) is 0 Å². The molecule has 128 valence electrons. The number of halogens is 2. The van der Waals surface area contributed by atoms with E-state index < -0.39 is 11.6 Å². The highest BCUT2D eigenvalue weighted by atomic mass is 19.2. The minimum Gasteiger partial charge on any atom is -0.204 e. The predicted octanol–water partition coefficient (Wildman–Crippen LogP) is 6.70. The van der Waals surface area contributed by atoms with E-state index in [1.165, 1.54) is 57.1 Å². The summed E-state index contributed by atoms with van der Waals surface area (Å²) in [5.74, 6) is 0.870. The van der Waals surface area contributed by atoms with Gasteiger partial charge in [0.15, 0.2) is 11.6 Å². The van der Waals surface area contributed by atoms with E-state index >= 15 is 0 Å². The number of benzene rings is 1. The van der Waals surface area contributed by atoms with Gasteiger partial charge >= 0.3 is 0 Å². The predicted molar refractivity (Wildman–Crippen MR) is 93.3 cm³/mol. The van der Waals surface area contributed by atoms with Crippen molar-refractivity contribution in [2.45, 2.75) is 64.7 Å². The number of rotatable bonds is 8. The highest BCUT2D eigenvalue weighted by molar-refractivity contribution is 5.17. The molecule has 23 heavy (non-hydrogen) atoms. The Morgan fingerprint density at radius 2 is 1.87 bits per heavy atom. The Hall–Kier alpha value is -1.18. The molecule has 1 aliphatic carbocycles. The molecule has 0 aliphatic heterocycles. The Kier molecular flexibility index (Phi) is 7.26. The summed E-state index contributed by atoms with van der Waals surface area (Å²) in [7, 11) is 0. The summed E-state index contributed by atoms with van der Waals surface area (Å²) in [6.07, 6.45) is 13.0. The molecule has 2 rings (SSSR count). The fraction of sp³-hybridized carbons (Fsp3) is 0.619.